The SMILES string of the molecule is Cc1cc(C2CCCCN2)cc(O)c1Cl. The first-order valence-corrected chi connectivity index (χ1v) is 5.78. The summed E-state index contributed by atoms with van der Waals surface area (Å²) < 4.78 is 0. The van der Waals surface area contributed by atoms with E-state index < -0.39 is 0 Å². The lowest BCUT2D eigenvalue weighted by Crippen LogP contribution is -2.26. The Bertz CT molecular complexity index is 336. The number of rotatable bonds is 1. The topological polar surface area (TPSA) is 32.3 Å². The Morgan fingerprint density at radius 1 is 1.40 bits per heavy atom. The van der Waals surface area contributed by atoms with E-state index in [2.05, 4.69) is 11.4 Å². The second-order valence-corrected chi connectivity index (χ2v) is 4.55. The van der Waals surface area contributed by atoms with Gasteiger partial charge in [-0.25, -0.2) is 0 Å². The third kappa shape index (κ3) is 2.27. The Labute approximate surface area is 95.3 Å². The average Bonchev–Trinajstić information content (AvgIpc) is 2.26. The van der Waals surface area contributed by atoms with E-state index in [0.717, 1.165) is 24.1 Å². The molecule has 3 heteroatoms. The fraction of sp³-hybridized carbons (Fsp3) is 0.500. The van der Waals surface area contributed by atoms with Gasteiger partial charge in [0.2, 0.25) is 0 Å². The van der Waals surface area contributed by atoms with Crippen molar-refractivity contribution in [1.29, 1.82) is 0 Å². The van der Waals surface area contributed by atoms with Crippen molar-refractivity contribution >= 4 is 11.6 Å². The quantitative estimate of drug-likeness (QED) is 0.770. The van der Waals surface area contributed by atoms with E-state index in [-0.39, 0.29) is 5.75 Å². The van der Waals surface area contributed by atoms with Crippen LogP contribution in [-0.2, 0) is 0 Å². The summed E-state index contributed by atoms with van der Waals surface area (Å²) in [5.74, 6) is 0.194. The monoisotopic (exact) mass is 225 g/mol. The number of halogens is 1. The van der Waals surface area contributed by atoms with E-state index >= 15 is 0 Å². The molecule has 0 saturated carbocycles. The highest BCUT2D eigenvalue weighted by molar-refractivity contribution is 6.32. The predicted octanol–water partition coefficient (Wildman–Crippen LogP) is 3.17. The van der Waals surface area contributed by atoms with Gasteiger partial charge in [-0.3, -0.25) is 0 Å². The van der Waals surface area contributed by atoms with Gasteiger partial charge in [0.25, 0.3) is 0 Å². The Hall–Kier alpha value is -0.730. The summed E-state index contributed by atoms with van der Waals surface area (Å²) in [5, 5.41) is 13.6. The lowest BCUT2D eigenvalue weighted by molar-refractivity contribution is 0.409. The lowest BCUT2D eigenvalue weighted by Gasteiger charge is -2.24. The number of hydrogen-bond acceptors (Lipinski definition) is 2. The molecule has 0 radical (unpaired) electrons. The van der Waals surface area contributed by atoms with Crippen molar-refractivity contribution in [2.75, 3.05) is 6.54 Å². The molecule has 1 aromatic rings. The van der Waals surface area contributed by atoms with Crippen molar-refractivity contribution in [3.05, 3.63) is 28.3 Å². The normalized spacial score (nSPS) is 21.6. The van der Waals surface area contributed by atoms with Gasteiger partial charge in [-0.15, -0.1) is 0 Å². The van der Waals surface area contributed by atoms with Crippen molar-refractivity contribution < 1.29 is 5.11 Å². The maximum Gasteiger partial charge on any atom is 0.134 e. The minimum atomic E-state index is 0.194. The summed E-state index contributed by atoms with van der Waals surface area (Å²) in [6.45, 7) is 2.99. The van der Waals surface area contributed by atoms with Gasteiger partial charge in [-0.1, -0.05) is 24.1 Å². The second kappa shape index (κ2) is 4.42. The van der Waals surface area contributed by atoms with E-state index in [0.29, 0.717) is 11.1 Å². The predicted molar refractivity (Wildman–Crippen MR) is 62.4 cm³/mol. The molecule has 1 aromatic carbocycles. The third-order valence-electron chi connectivity index (χ3n) is 2.97. The van der Waals surface area contributed by atoms with Gasteiger partial charge in [-0.2, -0.15) is 0 Å². The number of nitrogens with one attached hydrogen (secondary N) is 1. The van der Waals surface area contributed by atoms with Gasteiger partial charge in [0.15, 0.2) is 0 Å². The van der Waals surface area contributed by atoms with Crippen LogP contribution in [-0.4, -0.2) is 11.7 Å². The Morgan fingerprint density at radius 2 is 2.20 bits per heavy atom. The molecule has 2 rings (SSSR count). The van der Waals surface area contributed by atoms with Crippen molar-refractivity contribution in [2.24, 2.45) is 0 Å². The van der Waals surface area contributed by atoms with Crippen molar-refractivity contribution in [3.63, 3.8) is 0 Å². The van der Waals surface area contributed by atoms with Gasteiger partial charge < -0.3 is 10.4 Å². The Kier molecular flexibility index (Phi) is 3.17. The van der Waals surface area contributed by atoms with Crippen LogP contribution in [0.1, 0.15) is 36.4 Å². The van der Waals surface area contributed by atoms with E-state index in [9.17, 15) is 5.11 Å². The molecule has 0 aliphatic carbocycles. The van der Waals surface area contributed by atoms with Crippen molar-refractivity contribution in [3.8, 4) is 5.75 Å². The molecule has 15 heavy (non-hydrogen) atoms. The van der Waals surface area contributed by atoms with Crippen LogP contribution in [0.25, 0.3) is 0 Å². The van der Waals surface area contributed by atoms with Crippen LogP contribution in [0, 0.1) is 6.92 Å². The second-order valence-electron chi connectivity index (χ2n) is 4.17. The molecule has 0 spiro atoms. The lowest BCUT2D eigenvalue weighted by atomic mass is 9.96. The van der Waals surface area contributed by atoms with Crippen molar-refractivity contribution in [2.45, 2.75) is 32.2 Å². The summed E-state index contributed by atoms with van der Waals surface area (Å²) in [4.78, 5) is 0. The first-order chi connectivity index (χ1) is 7.18. The van der Waals surface area contributed by atoms with Gasteiger partial charge in [0, 0.05) is 6.04 Å². The first-order valence-electron chi connectivity index (χ1n) is 5.41. The molecule has 0 aromatic heterocycles. The summed E-state index contributed by atoms with van der Waals surface area (Å²) in [5.41, 5.74) is 2.09. The van der Waals surface area contributed by atoms with Crippen LogP contribution in [0.4, 0.5) is 0 Å². The molecule has 2 N–H and O–H groups in total. The van der Waals surface area contributed by atoms with Crippen LogP contribution in [0.15, 0.2) is 12.1 Å². The molecule has 1 aliphatic heterocycles. The maximum absolute atomic E-state index is 9.65. The molecule has 1 atom stereocenters. The van der Waals surface area contributed by atoms with Crippen LogP contribution in [0.2, 0.25) is 5.02 Å². The number of phenols is 1. The summed E-state index contributed by atoms with van der Waals surface area (Å²) >= 11 is 5.92. The molecule has 1 heterocycles. The fourth-order valence-corrected chi connectivity index (χ4v) is 2.22. The third-order valence-corrected chi connectivity index (χ3v) is 3.46. The fourth-order valence-electron chi connectivity index (χ4n) is 2.12. The molecular formula is C12H16ClNO. The van der Waals surface area contributed by atoms with E-state index in [4.69, 9.17) is 11.6 Å². The van der Waals surface area contributed by atoms with Crippen LogP contribution in [0.3, 0.4) is 0 Å². The number of hydrogen-bond donors (Lipinski definition) is 2. The largest absolute Gasteiger partial charge is 0.506 e. The molecule has 1 unspecified atom stereocenters. The molecule has 0 amide bonds. The number of aromatic hydroxyl groups is 1. The van der Waals surface area contributed by atoms with E-state index in [1.165, 1.54) is 12.8 Å². The summed E-state index contributed by atoms with van der Waals surface area (Å²) in [6, 6.07) is 4.21. The minimum absolute atomic E-state index is 0.194. The Balaban J connectivity index is 2.27. The number of phenolic OH excluding ortho intramolecular Hbond substituents is 1. The zero-order valence-corrected chi connectivity index (χ0v) is 9.64. The van der Waals surface area contributed by atoms with Gasteiger partial charge in [0.1, 0.15) is 5.75 Å². The van der Waals surface area contributed by atoms with Gasteiger partial charge in [-0.05, 0) is 43.5 Å². The van der Waals surface area contributed by atoms with Crippen LogP contribution in [0.5, 0.6) is 5.75 Å². The highest BCUT2D eigenvalue weighted by Crippen LogP contribution is 2.32. The van der Waals surface area contributed by atoms with Crippen LogP contribution < -0.4 is 5.32 Å². The molecule has 2 nitrogen and oxygen atoms in total. The van der Waals surface area contributed by atoms with Crippen molar-refractivity contribution in [1.82, 2.24) is 5.32 Å². The molecule has 1 fully saturated rings. The standard InChI is InChI=1S/C12H16ClNO/c1-8-6-9(7-11(15)12(8)13)10-4-2-3-5-14-10/h6-7,10,14-15H,2-5H2,1H3. The highest BCUT2D eigenvalue weighted by Gasteiger charge is 2.16. The van der Waals surface area contributed by atoms with E-state index in [1.54, 1.807) is 6.07 Å². The molecular weight excluding hydrogens is 210 g/mol. The molecule has 1 aliphatic rings. The first kappa shape index (κ1) is 10.8. The van der Waals surface area contributed by atoms with Gasteiger partial charge in [0.05, 0.1) is 5.02 Å². The summed E-state index contributed by atoms with van der Waals surface area (Å²) in [6.07, 6.45) is 3.63. The molecule has 82 valence electrons. The smallest absolute Gasteiger partial charge is 0.134 e. The summed E-state index contributed by atoms with van der Waals surface area (Å²) in [7, 11) is 0. The van der Waals surface area contributed by atoms with E-state index in [1.807, 2.05) is 6.92 Å². The molecule has 0 bridgehead atoms. The molecule has 1 saturated heterocycles. The number of aryl methyl sites for hydroxylation is 1. The number of benzene rings is 1. The number of piperidine rings is 1. The van der Waals surface area contributed by atoms with Crippen LogP contribution >= 0.6 is 11.6 Å². The maximum atomic E-state index is 9.65. The minimum Gasteiger partial charge on any atom is -0.506 e. The zero-order chi connectivity index (χ0) is 10.8. The highest BCUT2D eigenvalue weighted by atomic mass is 35.5. The van der Waals surface area contributed by atoms with Gasteiger partial charge >= 0.3 is 0 Å². The zero-order valence-electron chi connectivity index (χ0n) is 8.89. The average molecular weight is 226 g/mol. The Morgan fingerprint density at radius 3 is 2.80 bits per heavy atom.